The molecule has 0 radical (unpaired) electrons. The van der Waals surface area contributed by atoms with Gasteiger partial charge in [-0.3, -0.25) is 0 Å². The molecule has 3 aromatic carbocycles. The van der Waals surface area contributed by atoms with Crippen LogP contribution in [0.25, 0.3) is 11.1 Å². The Morgan fingerprint density at radius 2 is 1.44 bits per heavy atom. The zero-order chi connectivity index (χ0) is 23.3. The van der Waals surface area contributed by atoms with Gasteiger partial charge in [-0.25, -0.2) is 9.59 Å². The van der Waals surface area contributed by atoms with Gasteiger partial charge in [0.25, 0.3) is 0 Å². The van der Waals surface area contributed by atoms with E-state index in [-0.39, 0.29) is 31.8 Å². The Bertz CT molecular complexity index is 1110. The van der Waals surface area contributed by atoms with E-state index >= 15 is 0 Å². The highest BCUT2D eigenvalue weighted by Crippen LogP contribution is 2.44. The number of hydrogen-bond acceptors (Lipinski definition) is 5. The highest BCUT2D eigenvalue weighted by molar-refractivity contribution is 5.82. The Balaban J connectivity index is 1.21. The molecule has 3 aromatic rings. The Hall–Kier alpha value is -3.64. The Morgan fingerprint density at radius 1 is 0.824 bits per heavy atom. The van der Waals surface area contributed by atoms with Crippen LogP contribution in [0.3, 0.4) is 0 Å². The minimum absolute atomic E-state index is 0.0515. The first kappa shape index (κ1) is 22.2. The minimum atomic E-state index is -0.931. The summed E-state index contributed by atoms with van der Waals surface area (Å²) in [7, 11) is 0. The summed E-state index contributed by atoms with van der Waals surface area (Å²) in [5.74, 6) is -0.595. The lowest BCUT2D eigenvalue weighted by Crippen LogP contribution is -2.45. The smallest absolute Gasteiger partial charge is 0.407 e. The molecule has 6 heteroatoms. The average Bonchev–Trinajstić information content (AvgIpc) is 3.65. The van der Waals surface area contributed by atoms with Gasteiger partial charge in [0.05, 0.1) is 12.7 Å². The van der Waals surface area contributed by atoms with Crippen molar-refractivity contribution in [1.29, 1.82) is 0 Å². The first-order valence-electron chi connectivity index (χ1n) is 11.6. The fraction of sp³-hybridized carbons (Fsp3) is 0.286. The monoisotopic (exact) mass is 457 g/mol. The van der Waals surface area contributed by atoms with Gasteiger partial charge in [-0.15, -0.1) is 0 Å². The zero-order valence-electron chi connectivity index (χ0n) is 18.8. The summed E-state index contributed by atoms with van der Waals surface area (Å²) in [6.45, 7) is 0.365. The second-order valence-electron chi connectivity index (χ2n) is 8.65. The van der Waals surface area contributed by atoms with Gasteiger partial charge in [0, 0.05) is 5.92 Å². The van der Waals surface area contributed by atoms with Crippen molar-refractivity contribution < 1.29 is 23.8 Å². The number of hydrogen-bond donors (Lipinski definition) is 1. The first-order chi connectivity index (χ1) is 16.7. The van der Waals surface area contributed by atoms with Gasteiger partial charge in [0.2, 0.25) is 0 Å². The minimum Gasteiger partial charge on any atom is -0.459 e. The highest BCUT2D eigenvalue weighted by Gasteiger charge is 2.31. The van der Waals surface area contributed by atoms with Crippen molar-refractivity contribution in [2.45, 2.75) is 37.5 Å². The molecule has 6 nitrogen and oxygen atoms in total. The van der Waals surface area contributed by atoms with E-state index in [1.807, 2.05) is 54.6 Å². The normalized spacial score (nSPS) is 15.2. The SMILES string of the molecule is O=C(N[C@@H](COC1CC1)C(=O)OCc1ccccc1)OCC1c2ccccc2-c2ccccc21. The van der Waals surface area contributed by atoms with Crippen LogP contribution in [0, 0.1) is 0 Å². The van der Waals surface area contributed by atoms with Crippen LogP contribution in [0.1, 0.15) is 35.4 Å². The van der Waals surface area contributed by atoms with Crippen molar-refractivity contribution in [2.24, 2.45) is 0 Å². The van der Waals surface area contributed by atoms with Gasteiger partial charge in [0.15, 0.2) is 6.04 Å². The maximum Gasteiger partial charge on any atom is 0.407 e. The number of fused-ring (bicyclic) bond motifs is 3. The van der Waals surface area contributed by atoms with Gasteiger partial charge in [-0.05, 0) is 40.7 Å². The molecule has 5 rings (SSSR count). The van der Waals surface area contributed by atoms with Crippen LogP contribution >= 0.6 is 0 Å². The maximum absolute atomic E-state index is 12.7. The average molecular weight is 458 g/mol. The van der Waals surface area contributed by atoms with Crippen LogP contribution in [0.15, 0.2) is 78.9 Å². The second kappa shape index (κ2) is 10.1. The van der Waals surface area contributed by atoms with Gasteiger partial charge in [-0.1, -0.05) is 78.9 Å². The molecule has 1 N–H and O–H groups in total. The first-order valence-corrected chi connectivity index (χ1v) is 11.6. The zero-order valence-corrected chi connectivity index (χ0v) is 18.8. The number of nitrogens with one attached hydrogen (secondary N) is 1. The molecule has 0 aromatic heterocycles. The fourth-order valence-corrected chi connectivity index (χ4v) is 4.25. The number of ether oxygens (including phenoxy) is 3. The quantitative estimate of drug-likeness (QED) is 0.467. The molecule has 0 heterocycles. The van der Waals surface area contributed by atoms with Gasteiger partial charge < -0.3 is 19.5 Å². The Labute approximate surface area is 198 Å². The van der Waals surface area contributed by atoms with E-state index in [2.05, 4.69) is 29.6 Å². The topological polar surface area (TPSA) is 73.9 Å². The van der Waals surface area contributed by atoms with Crippen LogP contribution in [0.2, 0.25) is 0 Å². The van der Waals surface area contributed by atoms with Gasteiger partial charge >= 0.3 is 12.1 Å². The van der Waals surface area contributed by atoms with E-state index in [4.69, 9.17) is 14.2 Å². The number of rotatable bonds is 9. The Kier molecular flexibility index (Phi) is 6.58. The lowest BCUT2D eigenvalue weighted by atomic mass is 9.98. The predicted molar refractivity (Wildman–Crippen MR) is 127 cm³/mol. The Morgan fingerprint density at radius 3 is 2.09 bits per heavy atom. The molecular weight excluding hydrogens is 430 g/mol. The summed E-state index contributed by atoms with van der Waals surface area (Å²) in [6.07, 6.45) is 1.42. The molecule has 2 aliphatic carbocycles. The third kappa shape index (κ3) is 5.13. The summed E-state index contributed by atoms with van der Waals surface area (Å²) in [5, 5.41) is 2.65. The van der Waals surface area contributed by atoms with E-state index in [0.29, 0.717) is 0 Å². The molecule has 1 amide bonds. The van der Waals surface area contributed by atoms with E-state index in [9.17, 15) is 9.59 Å². The van der Waals surface area contributed by atoms with Crippen molar-refractivity contribution in [3.63, 3.8) is 0 Å². The summed E-state index contributed by atoms with van der Waals surface area (Å²) < 4.78 is 16.7. The molecule has 2 aliphatic rings. The highest BCUT2D eigenvalue weighted by atomic mass is 16.6. The maximum atomic E-state index is 12.7. The van der Waals surface area contributed by atoms with Crippen LogP contribution < -0.4 is 5.32 Å². The van der Waals surface area contributed by atoms with E-state index < -0.39 is 18.1 Å². The van der Waals surface area contributed by atoms with Crippen molar-refractivity contribution in [2.75, 3.05) is 13.2 Å². The van der Waals surface area contributed by atoms with Crippen LogP contribution in [0.5, 0.6) is 0 Å². The molecule has 0 unspecified atom stereocenters. The number of alkyl carbamates (subject to hydrolysis) is 1. The molecule has 0 saturated heterocycles. The summed E-state index contributed by atoms with van der Waals surface area (Å²) >= 11 is 0. The molecule has 1 saturated carbocycles. The summed E-state index contributed by atoms with van der Waals surface area (Å²) in [5.41, 5.74) is 5.46. The lowest BCUT2D eigenvalue weighted by molar-refractivity contribution is -0.149. The van der Waals surface area contributed by atoms with Crippen molar-refractivity contribution in [3.05, 3.63) is 95.6 Å². The van der Waals surface area contributed by atoms with E-state index in [1.165, 1.54) is 0 Å². The lowest BCUT2D eigenvalue weighted by Gasteiger charge is -2.19. The predicted octanol–water partition coefficient (Wildman–Crippen LogP) is 4.82. The summed E-state index contributed by atoms with van der Waals surface area (Å²) in [4.78, 5) is 25.4. The van der Waals surface area contributed by atoms with Crippen molar-refractivity contribution in [3.8, 4) is 11.1 Å². The number of carbonyl (C=O) groups excluding carboxylic acids is 2. The fourth-order valence-electron chi connectivity index (χ4n) is 4.25. The number of carbonyl (C=O) groups is 2. The van der Waals surface area contributed by atoms with Crippen LogP contribution in [-0.2, 0) is 25.6 Å². The standard InChI is InChI=1S/C28H27NO5/c30-27(33-16-19-8-2-1-3-9-19)26(18-32-20-14-15-20)29-28(31)34-17-25-23-12-6-4-10-21(23)22-11-5-7-13-24(22)25/h1-13,20,25-26H,14-18H2,(H,29,31)/t26-/m0/s1. The van der Waals surface area contributed by atoms with Crippen LogP contribution in [0.4, 0.5) is 4.79 Å². The summed E-state index contributed by atoms with van der Waals surface area (Å²) in [6, 6.07) is 24.8. The largest absolute Gasteiger partial charge is 0.459 e. The number of esters is 1. The molecule has 174 valence electrons. The molecule has 0 bridgehead atoms. The molecular formula is C28H27NO5. The van der Waals surface area contributed by atoms with E-state index in [0.717, 1.165) is 40.7 Å². The van der Waals surface area contributed by atoms with Gasteiger partial charge in [0.1, 0.15) is 13.2 Å². The molecule has 1 fully saturated rings. The molecule has 34 heavy (non-hydrogen) atoms. The third-order valence-electron chi connectivity index (χ3n) is 6.17. The van der Waals surface area contributed by atoms with Crippen molar-refractivity contribution in [1.82, 2.24) is 5.32 Å². The second-order valence-corrected chi connectivity index (χ2v) is 8.65. The molecule has 0 spiro atoms. The molecule has 0 aliphatic heterocycles. The van der Waals surface area contributed by atoms with E-state index in [1.54, 1.807) is 0 Å². The number of amides is 1. The molecule has 1 atom stereocenters. The van der Waals surface area contributed by atoms with Gasteiger partial charge in [-0.2, -0.15) is 0 Å². The van der Waals surface area contributed by atoms with Crippen LogP contribution in [-0.4, -0.2) is 37.4 Å². The number of benzene rings is 3. The third-order valence-corrected chi connectivity index (χ3v) is 6.17. The van der Waals surface area contributed by atoms with Crippen molar-refractivity contribution >= 4 is 12.1 Å².